The predicted molar refractivity (Wildman–Crippen MR) is 48.6 cm³/mol. The van der Waals surface area contributed by atoms with E-state index in [4.69, 9.17) is 0 Å². The normalized spacial score (nSPS) is 9.00. The van der Waals surface area contributed by atoms with E-state index in [2.05, 4.69) is 16.9 Å². The summed E-state index contributed by atoms with van der Waals surface area (Å²) >= 11 is 0. The molecule has 13 heavy (non-hydrogen) atoms. The molecule has 0 aliphatic carbocycles. The first-order chi connectivity index (χ1) is 5.27. The molecule has 0 aromatic carbocycles. The molecule has 0 N–H and O–H groups in total. The van der Waals surface area contributed by atoms with Crippen LogP contribution in [0, 0.1) is 21.3 Å². The molecule has 79 valence electrons. The van der Waals surface area contributed by atoms with Crippen LogP contribution in [0.3, 0.4) is 0 Å². The van der Waals surface area contributed by atoms with E-state index in [1.165, 1.54) is 0 Å². The fourth-order valence-corrected chi connectivity index (χ4v) is 1.02. The van der Waals surface area contributed by atoms with Gasteiger partial charge in [0.05, 0.1) is 0 Å². The van der Waals surface area contributed by atoms with Gasteiger partial charge in [-0.2, -0.15) is 0 Å². The van der Waals surface area contributed by atoms with E-state index in [1.54, 1.807) is 12.4 Å². The number of rotatable bonds is 0. The van der Waals surface area contributed by atoms with Gasteiger partial charge in [0.25, 0.3) is 0 Å². The van der Waals surface area contributed by atoms with Crippen molar-refractivity contribution in [3.8, 4) is 0 Å². The molecule has 0 aliphatic heterocycles. The number of aryl methyl sites for hydroxylation is 1. The Morgan fingerprint density at radius 3 is 2.62 bits per heavy atom. The van der Waals surface area contributed by atoms with Crippen LogP contribution in [0.1, 0.15) is 11.3 Å². The third kappa shape index (κ3) is 1.40. The van der Waals surface area contributed by atoms with E-state index in [0.29, 0.717) is 5.78 Å². The summed E-state index contributed by atoms with van der Waals surface area (Å²) in [6, 6.07) is 0. The van der Waals surface area contributed by atoms with Gasteiger partial charge in [0.15, 0.2) is 0 Å². The summed E-state index contributed by atoms with van der Waals surface area (Å²) in [5.41, 5.74) is 1.98. The maximum atomic E-state index is 4.11. The third-order valence-corrected chi connectivity index (χ3v) is 1.57. The minimum Gasteiger partial charge on any atom is -0.358 e. The van der Waals surface area contributed by atoms with Gasteiger partial charge in [0, 0.05) is 12.4 Å². The molecular formula is C9H11LrN3-2. The largest absolute Gasteiger partial charge is 0.358 e. The fourth-order valence-electron chi connectivity index (χ4n) is 1.02. The van der Waals surface area contributed by atoms with Gasteiger partial charge in [0.1, 0.15) is 0 Å². The molecule has 2 heterocycles. The van der Waals surface area contributed by atoms with Crippen LogP contribution < -0.4 is 0 Å². The molecule has 0 fully saturated rings. The third-order valence-electron chi connectivity index (χ3n) is 1.57. The van der Waals surface area contributed by atoms with Crippen molar-refractivity contribution in [2.75, 3.05) is 0 Å². The van der Waals surface area contributed by atoms with Gasteiger partial charge in [-0.15, -0.1) is 5.69 Å². The van der Waals surface area contributed by atoms with Crippen molar-refractivity contribution in [1.29, 1.82) is 0 Å². The smallest absolute Gasteiger partial charge is 0.212 e. The molecule has 0 saturated carbocycles. The van der Waals surface area contributed by atoms with Gasteiger partial charge < -0.3 is 16.8 Å². The number of imidazole rings is 1. The Balaban J connectivity index is 0.000000720. The summed E-state index contributed by atoms with van der Waals surface area (Å²) in [4.78, 5) is 8.16. The number of fused-ring (bicyclic) bond motifs is 1. The summed E-state index contributed by atoms with van der Waals surface area (Å²) in [7, 11) is 0. The average molecular weight is 423 g/mol. The van der Waals surface area contributed by atoms with Gasteiger partial charge in [-0.3, -0.25) is 0 Å². The van der Waals surface area contributed by atoms with E-state index in [-0.39, 0.29) is 7.43 Å². The van der Waals surface area contributed by atoms with Crippen molar-refractivity contribution < 1.29 is 0 Å². The average Bonchev–Trinajstić information content (AvgIpc) is 2.33. The molecule has 0 bridgehead atoms. The molecule has 2 rings (SSSR count). The van der Waals surface area contributed by atoms with Crippen LogP contribution in [0.5, 0.6) is 0 Å². The molecule has 0 unspecified atom stereocenters. The van der Waals surface area contributed by atoms with Crippen molar-refractivity contribution in [2.45, 2.75) is 6.92 Å². The molecule has 0 saturated heterocycles. The molecule has 1 radical (unpaired) electrons. The van der Waals surface area contributed by atoms with Crippen LogP contribution in [0.25, 0.3) is 5.78 Å². The minimum atomic E-state index is 0. The summed E-state index contributed by atoms with van der Waals surface area (Å²) in [5.74, 6) is 0.709. The molecule has 3 nitrogen and oxygen atoms in total. The number of hydrogen-bond acceptors (Lipinski definition) is 2. The number of hydrogen-bond donors (Lipinski definition) is 0. The van der Waals surface area contributed by atoms with Crippen LogP contribution >= 0.6 is 0 Å². The molecule has 0 aliphatic rings. The van der Waals surface area contributed by atoms with Crippen LogP contribution in [0.15, 0.2) is 18.6 Å². The Bertz CT molecular complexity index is 395. The summed E-state index contributed by atoms with van der Waals surface area (Å²) in [6.07, 6.45) is 5.47. The second-order valence-electron chi connectivity index (χ2n) is 2.55. The van der Waals surface area contributed by atoms with Crippen molar-refractivity contribution in [1.82, 2.24) is 14.4 Å². The molecule has 2 aromatic heterocycles. The summed E-state index contributed by atoms with van der Waals surface area (Å²) in [6.45, 7) is 5.80. The fraction of sp³-hybridized carbons (Fsp3) is 0.111. The summed E-state index contributed by atoms with van der Waals surface area (Å²) < 4.78 is 1.87. The maximum Gasteiger partial charge on any atom is 0.212 e. The Labute approximate surface area is 72.1 Å². The quantitative estimate of drug-likeness (QED) is 0.604. The van der Waals surface area contributed by atoms with Crippen molar-refractivity contribution in [3.63, 3.8) is 0 Å². The van der Waals surface area contributed by atoms with Gasteiger partial charge >= 0.3 is 0 Å². The predicted octanol–water partition coefficient (Wildman–Crippen LogP) is 1.67. The SMILES string of the molecule is [CH2-]c1cnc2ncc(C)cn12.[CH3-].[Lr]. The van der Waals surface area contributed by atoms with E-state index in [1.807, 2.05) is 17.5 Å². The second kappa shape index (κ2) is 3.26. The van der Waals surface area contributed by atoms with Crippen molar-refractivity contribution in [3.05, 3.63) is 44.2 Å². The van der Waals surface area contributed by atoms with Crippen molar-refractivity contribution in [2.24, 2.45) is 0 Å². The van der Waals surface area contributed by atoms with E-state index >= 15 is 0 Å². The van der Waals surface area contributed by atoms with Gasteiger partial charge in [-0.05, 0) is 12.5 Å². The van der Waals surface area contributed by atoms with Crippen LogP contribution in [0.2, 0.25) is 0 Å². The molecule has 0 amide bonds. The van der Waals surface area contributed by atoms with Gasteiger partial charge in [-0.25, -0.2) is 11.9 Å². The number of nitrogens with zero attached hydrogens (tertiary/aromatic N) is 3. The number of aromatic nitrogens is 3. The van der Waals surface area contributed by atoms with E-state index < -0.39 is 0 Å². The zero-order valence-corrected chi connectivity index (χ0v) is 9.69. The van der Waals surface area contributed by atoms with Crippen LogP contribution in [0.4, 0.5) is 0 Å². The molecule has 2 aromatic rings. The Morgan fingerprint density at radius 2 is 1.92 bits per heavy atom. The Hall–Kier alpha value is -2.51. The summed E-state index contributed by atoms with van der Waals surface area (Å²) in [5, 5.41) is 0. The standard InChI is InChI=1S/C8H8N3.CH3.Lr/c1-6-3-9-8-10-4-7(2)11(8)5-6;;/h3-5H,2H2,1H3;1H3;/q2*-1;. The Kier molecular flexibility index (Phi) is 2.63. The first-order valence-corrected chi connectivity index (χ1v) is 3.39. The molecule has 0 spiro atoms. The Morgan fingerprint density at radius 1 is 1.31 bits per heavy atom. The van der Waals surface area contributed by atoms with E-state index in [0.717, 1.165) is 11.3 Å². The first-order valence-electron chi connectivity index (χ1n) is 3.39. The molecule has 0 atom stereocenters. The van der Waals surface area contributed by atoms with Gasteiger partial charge in [-0.1, -0.05) is 6.20 Å². The molecular weight excluding hydrogens is 412 g/mol. The minimum absolute atomic E-state index is 0. The zero-order valence-electron chi connectivity index (χ0n) is 7.54. The molecule has 4 heteroatoms. The first kappa shape index (κ1) is 10.5. The maximum absolute atomic E-state index is 4.11. The van der Waals surface area contributed by atoms with E-state index in [9.17, 15) is 0 Å². The van der Waals surface area contributed by atoms with Crippen LogP contribution in [-0.2, 0) is 0 Å². The van der Waals surface area contributed by atoms with Crippen LogP contribution in [-0.4, -0.2) is 14.4 Å². The zero-order chi connectivity index (χ0) is 7.84. The van der Waals surface area contributed by atoms with Crippen molar-refractivity contribution >= 4 is 5.78 Å². The second-order valence-corrected chi connectivity index (χ2v) is 2.55. The topological polar surface area (TPSA) is 30.2 Å². The monoisotopic (exact) mass is 423 g/mol. The van der Waals surface area contributed by atoms with Gasteiger partial charge in [0.2, 0.25) is 5.78 Å².